The molecule has 1 unspecified atom stereocenters. The van der Waals surface area contributed by atoms with Crippen LogP contribution in [0.1, 0.15) is 38.2 Å². The number of amides is 1. The standard InChI is InChI=1S/C13H19ClN2O3/c1-8(11(17)15-13(2,3)4)19-12(18)10-6-9(14)7-16(10)5/h6-8H,1-5H3,(H,15,17). The van der Waals surface area contributed by atoms with Crippen molar-refractivity contribution < 1.29 is 14.3 Å². The maximum Gasteiger partial charge on any atom is 0.355 e. The summed E-state index contributed by atoms with van der Waals surface area (Å²) in [7, 11) is 1.68. The van der Waals surface area contributed by atoms with Gasteiger partial charge < -0.3 is 14.6 Å². The predicted molar refractivity (Wildman–Crippen MR) is 73.2 cm³/mol. The Bertz CT molecular complexity index is 489. The van der Waals surface area contributed by atoms with Crippen molar-refractivity contribution >= 4 is 23.5 Å². The number of aromatic nitrogens is 1. The van der Waals surface area contributed by atoms with Gasteiger partial charge in [-0.05, 0) is 33.8 Å². The molecule has 0 saturated carbocycles. The second-order valence-corrected chi connectivity index (χ2v) is 5.88. The van der Waals surface area contributed by atoms with Crippen LogP contribution in [-0.2, 0) is 16.6 Å². The molecule has 1 N–H and O–H groups in total. The van der Waals surface area contributed by atoms with E-state index in [2.05, 4.69) is 5.32 Å². The lowest BCUT2D eigenvalue weighted by atomic mass is 10.1. The van der Waals surface area contributed by atoms with Gasteiger partial charge >= 0.3 is 5.97 Å². The molecule has 0 saturated heterocycles. The maximum atomic E-state index is 11.9. The van der Waals surface area contributed by atoms with Crippen molar-refractivity contribution in [3.05, 3.63) is 23.0 Å². The smallest absolute Gasteiger partial charge is 0.355 e. The molecular weight excluding hydrogens is 268 g/mol. The zero-order valence-electron chi connectivity index (χ0n) is 11.8. The lowest BCUT2D eigenvalue weighted by Gasteiger charge is -2.23. The van der Waals surface area contributed by atoms with Gasteiger partial charge in [-0.25, -0.2) is 4.79 Å². The molecule has 0 aliphatic heterocycles. The summed E-state index contributed by atoms with van der Waals surface area (Å²) in [5, 5.41) is 3.19. The molecule has 0 aliphatic rings. The average molecular weight is 287 g/mol. The number of halogens is 1. The van der Waals surface area contributed by atoms with Gasteiger partial charge in [0.2, 0.25) is 0 Å². The normalized spacial score (nSPS) is 12.9. The summed E-state index contributed by atoms with van der Waals surface area (Å²) in [5.41, 5.74) is -0.0631. The molecule has 0 aromatic carbocycles. The summed E-state index contributed by atoms with van der Waals surface area (Å²) < 4.78 is 6.66. The number of esters is 1. The third-order valence-electron chi connectivity index (χ3n) is 2.33. The van der Waals surface area contributed by atoms with Gasteiger partial charge in [-0.15, -0.1) is 0 Å². The Labute approximate surface area is 117 Å². The van der Waals surface area contributed by atoms with E-state index in [-0.39, 0.29) is 11.4 Å². The topological polar surface area (TPSA) is 60.3 Å². The number of nitrogens with one attached hydrogen (secondary N) is 1. The fraction of sp³-hybridized carbons (Fsp3) is 0.538. The average Bonchev–Trinajstić information content (AvgIpc) is 2.55. The first kappa shape index (κ1) is 15.6. The highest BCUT2D eigenvalue weighted by atomic mass is 35.5. The van der Waals surface area contributed by atoms with Gasteiger partial charge in [0.15, 0.2) is 6.10 Å². The summed E-state index contributed by atoms with van der Waals surface area (Å²) in [4.78, 5) is 23.7. The van der Waals surface area contributed by atoms with Crippen LogP contribution in [0.5, 0.6) is 0 Å². The highest BCUT2D eigenvalue weighted by Crippen LogP contribution is 2.14. The minimum atomic E-state index is -0.861. The first-order chi connectivity index (χ1) is 8.60. The molecule has 0 spiro atoms. The number of carbonyl (C=O) groups is 2. The van der Waals surface area contributed by atoms with Crippen LogP contribution in [0.25, 0.3) is 0 Å². The third-order valence-corrected chi connectivity index (χ3v) is 2.54. The van der Waals surface area contributed by atoms with E-state index in [1.54, 1.807) is 17.8 Å². The highest BCUT2D eigenvalue weighted by molar-refractivity contribution is 6.30. The van der Waals surface area contributed by atoms with Crippen LogP contribution in [0, 0.1) is 0 Å². The Morgan fingerprint density at radius 1 is 1.42 bits per heavy atom. The molecular formula is C13H19ClN2O3. The van der Waals surface area contributed by atoms with Crippen molar-refractivity contribution in [2.45, 2.75) is 39.3 Å². The van der Waals surface area contributed by atoms with E-state index in [0.29, 0.717) is 10.7 Å². The monoisotopic (exact) mass is 286 g/mol. The van der Waals surface area contributed by atoms with E-state index < -0.39 is 12.1 Å². The third kappa shape index (κ3) is 4.59. The summed E-state index contributed by atoms with van der Waals surface area (Å²) >= 11 is 5.79. The van der Waals surface area contributed by atoms with Crippen LogP contribution < -0.4 is 5.32 Å². The van der Waals surface area contributed by atoms with Gasteiger partial charge in [0.25, 0.3) is 5.91 Å². The van der Waals surface area contributed by atoms with Gasteiger partial charge in [0, 0.05) is 18.8 Å². The molecule has 1 aromatic heterocycles. The summed E-state index contributed by atoms with van der Waals surface area (Å²) in [6.07, 6.45) is 0.735. The SMILES string of the molecule is CC(OC(=O)c1cc(Cl)cn1C)C(=O)NC(C)(C)C. The second kappa shape index (κ2) is 5.65. The van der Waals surface area contributed by atoms with E-state index in [1.807, 2.05) is 20.8 Å². The zero-order chi connectivity index (χ0) is 14.8. The van der Waals surface area contributed by atoms with Crippen LogP contribution >= 0.6 is 11.6 Å². The van der Waals surface area contributed by atoms with Crippen LogP contribution in [0.15, 0.2) is 12.3 Å². The van der Waals surface area contributed by atoms with Crippen molar-refractivity contribution in [3.63, 3.8) is 0 Å². The van der Waals surface area contributed by atoms with E-state index in [4.69, 9.17) is 16.3 Å². The van der Waals surface area contributed by atoms with Crippen LogP contribution in [0.4, 0.5) is 0 Å². The van der Waals surface area contributed by atoms with E-state index in [0.717, 1.165) is 0 Å². The number of rotatable bonds is 3. The summed E-state index contributed by atoms with van der Waals surface area (Å²) in [6, 6.07) is 1.50. The Balaban J connectivity index is 2.67. The molecule has 6 heteroatoms. The Morgan fingerprint density at radius 2 is 2.00 bits per heavy atom. The van der Waals surface area contributed by atoms with Crippen molar-refractivity contribution in [1.29, 1.82) is 0 Å². The molecule has 19 heavy (non-hydrogen) atoms. The Hall–Kier alpha value is -1.49. The lowest BCUT2D eigenvalue weighted by Crippen LogP contribution is -2.46. The minimum absolute atomic E-state index is 0.306. The summed E-state index contributed by atoms with van der Waals surface area (Å²) in [6.45, 7) is 7.10. The van der Waals surface area contributed by atoms with E-state index >= 15 is 0 Å². The molecule has 5 nitrogen and oxygen atoms in total. The number of nitrogens with zero attached hydrogens (tertiary/aromatic N) is 1. The predicted octanol–water partition coefficient (Wildman–Crippen LogP) is 2.14. The number of carbonyl (C=O) groups excluding carboxylic acids is 2. The Morgan fingerprint density at radius 3 is 2.42 bits per heavy atom. The summed E-state index contributed by atoms with van der Waals surface area (Å²) in [5.74, 6) is -0.910. The molecule has 106 valence electrons. The zero-order valence-corrected chi connectivity index (χ0v) is 12.5. The van der Waals surface area contributed by atoms with Gasteiger partial charge in [-0.2, -0.15) is 0 Å². The van der Waals surface area contributed by atoms with Crippen LogP contribution in [0.2, 0.25) is 5.02 Å². The first-order valence-corrected chi connectivity index (χ1v) is 6.33. The molecule has 0 radical (unpaired) electrons. The van der Waals surface area contributed by atoms with Crippen molar-refractivity contribution in [3.8, 4) is 0 Å². The molecule has 0 aliphatic carbocycles. The van der Waals surface area contributed by atoms with Gasteiger partial charge in [-0.1, -0.05) is 11.6 Å². The molecule has 1 heterocycles. The Kier molecular flexibility index (Phi) is 4.63. The van der Waals surface area contributed by atoms with Gasteiger partial charge in [0.1, 0.15) is 5.69 Å². The highest BCUT2D eigenvalue weighted by Gasteiger charge is 2.24. The lowest BCUT2D eigenvalue weighted by molar-refractivity contribution is -0.130. The number of hydrogen-bond acceptors (Lipinski definition) is 3. The van der Waals surface area contributed by atoms with E-state index in [1.165, 1.54) is 13.0 Å². The largest absolute Gasteiger partial charge is 0.448 e. The molecule has 1 atom stereocenters. The minimum Gasteiger partial charge on any atom is -0.448 e. The van der Waals surface area contributed by atoms with Crippen molar-refractivity contribution in [2.75, 3.05) is 0 Å². The molecule has 1 amide bonds. The van der Waals surface area contributed by atoms with Gasteiger partial charge in [0.05, 0.1) is 5.02 Å². The maximum absolute atomic E-state index is 11.9. The number of ether oxygens (including phenoxy) is 1. The quantitative estimate of drug-likeness (QED) is 0.866. The van der Waals surface area contributed by atoms with E-state index in [9.17, 15) is 9.59 Å². The molecule has 0 fully saturated rings. The number of aryl methyl sites for hydroxylation is 1. The first-order valence-electron chi connectivity index (χ1n) is 5.95. The molecule has 1 rings (SSSR count). The van der Waals surface area contributed by atoms with Crippen LogP contribution in [-0.4, -0.2) is 28.1 Å². The van der Waals surface area contributed by atoms with Gasteiger partial charge in [-0.3, -0.25) is 4.79 Å². The van der Waals surface area contributed by atoms with Crippen molar-refractivity contribution in [1.82, 2.24) is 9.88 Å². The molecule has 0 bridgehead atoms. The fourth-order valence-corrected chi connectivity index (χ4v) is 1.72. The second-order valence-electron chi connectivity index (χ2n) is 5.44. The van der Waals surface area contributed by atoms with Crippen molar-refractivity contribution in [2.24, 2.45) is 7.05 Å². The van der Waals surface area contributed by atoms with Crippen LogP contribution in [0.3, 0.4) is 0 Å². The fourth-order valence-electron chi connectivity index (χ4n) is 1.47. The molecule has 1 aromatic rings. The number of hydrogen-bond donors (Lipinski definition) is 1.